The molecule has 0 amide bonds. The van der Waals surface area contributed by atoms with E-state index in [9.17, 15) is 0 Å². The fourth-order valence-electron chi connectivity index (χ4n) is 9.43. The summed E-state index contributed by atoms with van der Waals surface area (Å²) in [5.74, 6) is 6.24. The summed E-state index contributed by atoms with van der Waals surface area (Å²) >= 11 is 0. The van der Waals surface area contributed by atoms with Crippen molar-refractivity contribution in [3.05, 3.63) is 202 Å². The van der Waals surface area contributed by atoms with Gasteiger partial charge in [0.25, 0.3) is 0 Å². The molecule has 0 atom stereocenters. The molecular weight excluding hydrogens is 943 g/mol. The molecule has 10 heterocycles. The molecule has 0 radical (unpaired) electrons. The Kier molecular flexibility index (Phi) is 8.57. The first kappa shape index (κ1) is 40.7. The standard InChI is InChI=1S/C54H29N21/c1-4-13-28(14-5-1)37-55-46-61-40-31-19-10-21-33(25-31)42-63-48-57-38(29-15-6-2-7-16-29)59-50-65-44(71-53(69-42)74(48)50)35-23-12-24-36(27-35)45-66-51-60-39(30-17-8-3-9-18-30)58-49-64-43(70-54(72-45)75(49)51)34-22-11-20-32(26-34)41-62-47(56-37)73(46)52(67-40)68-41/h1-11,13-23,25-27H,12,24H2. The predicted octanol–water partition coefficient (Wildman–Crippen LogP) is 6.40. The summed E-state index contributed by atoms with van der Waals surface area (Å²) in [7, 11) is 0. The van der Waals surface area contributed by atoms with E-state index in [1.165, 1.54) is 0 Å². The Morgan fingerprint density at radius 2 is 0.520 bits per heavy atom. The van der Waals surface area contributed by atoms with Gasteiger partial charge in [0.15, 0.2) is 52.5 Å². The lowest BCUT2D eigenvalue weighted by Gasteiger charge is -2.31. The van der Waals surface area contributed by atoms with Gasteiger partial charge < -0.3 is 0 Å². The van der Waals surface area contributed by atoms with Crippen LogP contribution in [-0.2, 0) is 0 Å². The third-order valence-corrected chi connectivity index (χ3v) is 13.0. The van der Waals surface area contributed by atoms with Gasteiger partial charge in [-0.05, 0) is 36.6 Å². The fraction of sp³-hybridized carbons (Fsp3) is 0.0370. The van der Waals surface area contributed by atoms with E-state index < -0.39 is 0 Å². The summed E-state index contributed by atoms with van der Waals surface area (Å²) in [5.41, 5.74) is 6.54. The summed E-state index contributed by atoms with van der Waals surface area (Å²) in [5, 5.41) is 0. The number of rotatable bonds is 3. The van der Waals surface area contributed by atoms with Crippen molar-refractivity contribution in [2.24, 2.45) is 89.9 Å². The fourth-order valence-corrected chi connectivity index (χ4v) is 9.43. The molecule has 21 nitrogen and oxygen atoms in total. The SMILES string of the molecule is C1=C2C=C(CC1)C1=NC3=NC(c4ccccc4)=NC4=NC(=NC(=N1)N34)c1cccc(c1)C1=NC3=NC(=NC4=NC(c5ccccc5)=NC(=N1)N43)c1cccc(c1)C1=NC3=NC2=NC2=NC(c4ccccc4)=NC(=N1)N32. The van der Waals surface area contributed by atoms with Gasteiger partial charge in [-0.1, -0.05) is 133 Å². The molecular formula is C54H29N21. The van der Waals surface area contributed by atoms with E-state index in [1.807, 2.05) is 146 Å². The molecule has 0 fully saturated rings. The summed E-state index contributed by atoms with van der Waals surface area (Å²) in [6.07, 6.45) is 5.35. The van der Waals surface area contributed by atoms with Crippen LogP contribution >= 0.6 is 0 Å². The van der Waals surface area contributed by atoms with Crippen LogP contribution in [0.1, 0.15) is 51.8 Å². The monoisotopic (exact) mass is 971 g/mol. The van der Waals surface area contributed by atoms with Crippen LogP contribution in [0.25, 0.3) is 0 Å². The molecule has 0 aromatic heterocycles. The molecule has 75 heavy (non-hydrogen) atoms. The van der Waals surface area contributed by atoms with E-state index in [-0.39, 0.29) is 11.9 Å². The predicted molar refractivity (Wildman–Crippen MR) is 291 cm³/mol. The molecule has 11 aliphatic rings. The van der Waals surface area contributed by atoms with Crippen LogP contribution in [0.4, 0.5) is 0 Å². The second-order valence-electron chi connectivity index (χ2n) is 17.8. The zero-order chi connectivity index (χ0) is 49.1. The normalized spacial score (nSPS) is 20.1. The summed E-state index contributed by atoms with van der Waals surface area (Å²) in [6.45, 7) is 0. The molecule has 0 saturated heterocycles. The number of hydrogen-bond donors (Lipinski definition) is 0. The number of benzene rings is 5. The van der Waals surface area contributed by atoms with E-state index >= 15 is 0 Å². The van der Waals surface area contributed by atoms with E-state index in [4.69, 9.17) is 89.9 Å². The Labute approximate surface area is 423 Å². The van der Waals surface area contributed by atoms with Crippen LogP contribution in [0.5, 0.6) is 0 Å². The van der Waals surface area contributed by atoms with Gasteiger partial charge in [-0.2, -0.15) is 89.9 Å². The third-order valence-electron chi connectivity index (χ3n) is 13.0. The quantitative estimate of drug-likeness (QED) is 0.200. The topological polar surface area (TPSA) is 232 Å². The van der Waals surface area contributed by atoms with Gasteiger partial charge >= 0.3 is 0 Å². The van der Waals surface area contributed by atoms with Gasteiger partial charge in [-0.25, -0.2) is 14.7 Å². The zero-order valence-electron chi connectivity index (χ0n) is 38.7. The summed E-state index contributed by atoms with van der Waals surface area (Å²) in [6, 6.07) is 44.4. The number of allylic oxidation sites excluding steroid dienone is 1. The number of hydrogen-bond acceptors (Lipinski definition) is 21. The lowest BCUT2D eigenvalue weighted by Crippen LogP contribution is -2.48. The van der Waals surface area contributed by atoms with E-state index in [2.05, 4.69) is 6.08 Å². The average molecular weight is 972 g/mol. The van der Waals surface area contributed by atoms with Gasteiger partial charge in [0, 0.05) is 44.5 Å². The number of fused-ring (bicyclic) bond motifs is 14. The molecule has 0 unspecified atom stereocenters. The van der Waals surface area contributed by atoms with Crippen molar-refractivity contribution < 1.29 is 0 Å². The first-order valence-electron chi connectivity index (χ1n) is 23.8. The number of guanidine groups is 9. The molecule has 1 aliphatic carbocycles. The Morgan fingerprint density at radius 3 is 0.867 bits per heavy atom. The molecule has 16 rings (SSSR count). The Hall–Kier alpha value is -11.0. The average Bonchev–Trinajstić information content (AvgIpc) is 3.49. The highest BCUT2D eigenvalue weighted by atomic mass is 15.5. The number of amidine groups is 9. The van der Waals surface area contributed by atoms with Crippen molar-refractivity contribution in [3.63, 3.8) is 0 Å². The van der Waals surface area contributed by atoms with Gasteiger partial charge in [0.05, 0.1) is 0 Å². The Bertz CT molecular complexity index is 4200. The first-order valence-corrected chi connectivity index (χ1v) is 23.8. The molecule has 21 heteroatoms. The lowest BCUT2D eigenvalue weighted by molar-refractivity contribution is 0.825. The summed E-state index contributed by atoms with van der Waals surface area (Å²) < 4.78 is 0. The van der Waals surface area contributed by atoms with Crippen LogP contribution < -0.4 is 0 Å². The van der Waals surface area contributed by atoms with Crippen molar-refractivity contribution in [2.75, 3.05) is 0 Å². The first-order chi connectivity index (χ1) is 37.0. The molecule has 5 aromatic carbocycles. The molecule has 15 bridgehead atoms. The minimum absolute atomic E-state index is 0.270. The Morgan fingerprint density at radius 1 is 0.253 bits per heavy atom. The summed E-state index contributed by atoms with van der Waals surface area (Å²) in [4.78, 5) is 95.4. The van der Waals surface area contributed by atoms with Gasteiger partial charge in [-0.3, -0.25) is 0 Å². The van der Waals surface area contributed by atoms with E-state index in [0.717, 1.165) is 27.8 Å². The van der Waals surface area contributed by atoms with Gasteiger partial charge in [0.1, 0.15) is 0 Å². The molecule has 0 saturated carbocycles. The number of aliphatic imine (C=N–C) groups is 18. The number of nitrogens with zero attached hydrogens (tertiary/aromatic N) is 21. The molecule has 0 N–H and O–H groups in total. The molecule has 5 aromatic rings. The maximum absolute atomic E-state index is 5.11. The van der Waals surface area contributed by atoms with Crippen LogP contribution in [0.2, 0.25) is 0 Å². The Balaban J connectivity index is 0.926. The van der Waals surface area contributed by atoms with E-state index in [0.29, 0.717) is 129 Å². The van der Waals surface area contributed by atoms with Crippen molar-refractivity contribution in [1.29, 1.82) is 0 Å². The van der Waals surface area contributed by atoms with Crippen molar-refractivity contribution >= 4 is 106 Å². The minimum Gasteiger partial charge on any atom is -0.213 e. The maximum atomic E-state index is 5.11. The highest BCUT2D eigenvalue weighted by Crippen LogP contribution is 2.31. The minimum atomic E-state index is 0.270. The van der Waals surface area contributed by atoms with Crippen molar-refractivity contribution in [3.8, 4) is 0 Å². The smallest absolute Gasteiger partial charge is 0.213 e. The molecule has 0 spiro atoms. The van der Waals surface area contributed by atoms with Crippen LogP contribution in [0.15, 0.2) is 253 Å². The van der Waals surface area contributed by atoms with Crippen molar-refractivity contribution in [2.45, 2.75) is 12.8 Å². The second kappa shape index (κ2) is 15.8. The maximum Gasteiger partial charge on any atom is 0.243 e. The van der Waals surface area contributed by atoms with Crippen LogP contribution in [0, 0.1) is 0 Å². The van der Waals surface area contributed by atoms with Gasteiger partial charge in [0.2, 0.25) is 53.6 Å². The largest absolute Gasteiger partial charge is 0.243 e. The van der Waals surface area contributed by atoms with Crippen LogP contribution in [-0.4, -0.2) is 121 Å². The second-order valence-corrected chi connectivity index (χ2v) is 17.8. The van der Waals surface area contributed by atoms with E-state index in [1.54, 1.807) is 14.7 Å². The lowest BCUT2D eigenvalue weighted by atomic mass is 9.97. The van der Waals surface area contributed by atoms with Crippen LogP contribution in [0.3, 0.4) is 0 Å². The zero-order valence-corrected chi connectivity index (χ0v) is 38.7. The third kappa shape index (κ3) is 6.71. The highest BCUT2D eigenvalue weighted by molar-refractivity contribution is 6.38. The van der Waals surface area contributed by atoms with Gasteiger partial charge in [-0.15, -0.1) is 0 Å². The van der Waals surface area contributed by atoms with Crippen molar-refractivity contribution in [1.82, 2.24) is 14.7 Å². The molecule has 350 valence electrons. The molecule has 10 aliphatic heterocycles. The highest BCUT2D eigenvalue weighted by Gasteiger charge is 2.40.